The second-order valence-corrected chi connectivity index (χ2v) is 5.12. The number of aromatic nitrogens is 2. The number of carbonyl (C=O) groups excluding carboxylic acids is 3. The molecule has 1 aliphatic rings. The molecule has 1 aromatic rings. The molecule has 0 atom stereocenters. The number of nitrogens with one attached hydrogen (secondary N) is 2. The number of ketones is 2. The van der Waals surface area contributed by atoms with E-state index in [0.29, 0.717) is 29.1 Å². The first kappa shape index (κ1) is 13.5. The van der Waals surface area contributed by atoms with Crippen LogP contribution in [0.15, 0.2) is 17.2 Å². The Morgan fingerprint density at radius 1 is 1.47 bits per heavy atom. The molecule has 7 heteroatoms. The van der Waals surface area contributed by atoms with Gasteiger partial charge in [-0.2, -0.15) is 5.10 Å². The molecule has 0 radical (unpaired) electrons. The summed E-state index contributed by atoms with van der Waals surface area (Å²) in [6, 6.07) is 0. The van der Waals surface area contributed by atoms with Crippen LogP contribution < -0.4 is 5.32 Å². The Morgan fingerprint density at radius 2 is 2.26 bits per heavy atom. The lowest BCUT2D eigenvalue weighted by Gasteiger charge is -2.10. The lowest BCUT2D eigenvalue weighted by Crippen LogP contribution is -2.17. The lowest BCUT2D eigenvalue weighted by atomic mass is 10.0. The summed E-state index contributed by atoms with van der Waals surface area (Å²) < 4.78 is 0. The third-order valence-electron chi connectivity index (χ3n) is 2.70. The average molecular weight is 279 g/mol. The van der Waals surface area contributed by atoms with Gasteiger partial charge in [0.2, 0.25) is 17.5 Å². The molecule has 0 fully saturated rings. The minimum atomic E-state index is -0.235. The van der Waals surface area contributed by atoms with E-state index >= 15 is 0 Å². The molecule has 2 rings (SSSR count). The van der Waals surface area contributed by atoms with Gasteiger partial charge in [0.25, 0.3) is 0 Å². The van der Waals surface area contributed by atoms with Crippen molar-refractivity contribution in [3.8, 4) is 0 Å². The molecule has 2 N–H and O–H groups in total. The fourth-order valence-electron chi connectivity index (χ4n) is 1.68. The van der Waals surface area contributed by atoms with Crippen molar-refractivity contribution in [3.05, 3.63) is 28.4 Å². The van der Waals surface area contributed by atoms with Crippen molar-refractivity contribution < 1.29 is 14.4 Å². The number of amides is 1. The summed E-state index contributed by atoms with van der Waals surface area (Å²) in [5.41, 5.74) is 0.570. The van der Waals surface area contributed by atoms with Gasteiger partial charge in [-0.3, -0.25) is 19.5 Å². The maximum atomic E-state index is 12.0. The van der Waals surface area contributed by atoms with Crippen LogP contribution in [0.2, 0.25) is 0 Å². The summed E-state index contributed by atoms with van der Waals surface area (Å²) in [6.45, 7) is 0. The van der Waals surface area contributed by atoms with Gasteiger partial charge >= 0.3 is 0 Å². The molecule has 1 amide bonds. The van der Waals surface area contributed by atoms with E-state index in [2.05, 4.69) is 15.5 Å². The predicted octanol–water partition coefficient (Wildman–Crippen LogP) is 0.932. The first-order valence-corrected chi connectivity index (χ1v) is 6.79. The molecule has 1 aromatic heterocycles. The summed E-state index contributed by atoms with van der Waals surface area (Å²) in [6.07, 6.45) is 3.76. The minimum Gasteiger partial charge on any atom is -0.359 e. The maximum absolute atomic E-state index is 12.0. The van der Waals surface area contributed by atoms with Gasteiger partial charge in [0.1, 0.15) is 5.69 Å². The molecule has 0 aliphatic heterocycles. The number of rotatable bonds is 5. The highest BCUT2D eigenvalue weighted by atomic mass is 32.2. The van der Waals surface area contributed by atoms with Crippen molar-refractivity contribution in [1.82, 2.24) is 15.5 Å². The van der Waals surface area contributed by atoms with Gasteiger partial charge in [0, 0.05) is 19.5 Å². The number of aromatic amines is 1. The first-order valence-electron chi connectivity index (χ1n) is 5.81. The fourth-order valence-corrected chi connectivity index (χ4v) is 2.62. The van der Waals surface area contributed by atoms with Crippen molar-refractivity contribution >= 4 is 29.2 Å². The highest BCUT2D eigenvalue weighted by molar-refractivity contribution is 8.04. The Kier molecular flexibility index (Phi) is 4.16. The van der Waals surface area contributed by atoms with E-state index in [1.54, 1.807) is 7.05 Å². The van der Waals surface area contributed by atoms with E-state index in [0.717, 1.165) is 0 Å². The van der Waals surface area contributed by atoms with Crippen LogP contribution in [0.5, 0.6) is 0 Å². The Balaban J connectivity index is 1.93. The van der Waals surface area contributed by atoms with Crippen molar-refractivity contribution in [1.29, 1.82) is 0 Å². The van der Waals surface area contributed by atoms with Crippen molar-refractivity contribution in [2.75, 3.05) is 12.8 Å². The van der Waals surface area contributed by atoms with Gasteiger partial charge in [-0.1, -0.05) is 0 Å². The van der Waals surface area contributed by atoms with Crippen LogP contribution >= 0.6 is 11.8 Å². The van der Waals surface area contributed by atoms with Crippen LogP contribution in [0.3, 0.4) is 0 Å². The number of thioether (sulfide) groups is 1. The number of Topliss-reactive ketones (excluding diaryl/α,β-unsaturated/α-hetero) is 1. The molecule has 19 heavy (non-hydrogen) atoms. The second kappa shape index (κ2) is 5.83. The van der Waals surface area contributed by atoms with Crippen LogP contribution in [-0.4, -0.2) is 40.5 Å². The topological polar surface area (TPSA) is 91.9 Å². The van der Waals surface area contributed by atoms with Crippen molar-refractivity contribution in [2.45, 2.75) is 12.8 Å². The molecule has 6 nitrogen and oxygen atoms in total. The van der Waals surface area contributed by atoms with Gasteiger partial charge in [0.15, 0.2) is 0 Å². The maximum Gasteiger partial charge on any atom is 0.219 e. The van der Waals surface area contributed by atoms with E-state index < -0.39 is 0 Å². The van der Waals surface area contributed by atoms with E-state index in [-0.39, 0.29) is 23.2 Å². The van der Waals surface area contributed by atoms with Crippen LogP contribution in [0, 0.1) is 0 Å². The van der Waals surface area contributed by atoms with Crippen molar-refractivity contribution in [2.24, 2.45) is 0 Å². The Labute approximate surface area is 114 Å². The zero-order chi connectivity index (χ0) is 13.8. The third-order valence-corrected chi connectivity index (χ3v) is 3.81. The summed E-state index contributed by atoms with van der Waals surface area (Å²) in [5.74, 6) is 0.165. The van der Waals surface area contributed by atoms with Gasteiger partial charge in [-0.05, 0) is 12.2 Å². The van der Waals surface area contributed by atoms with Gasteiger partial charge in [-0.15, -0.1) is 11.8 Å². The summed E-state index contributed by atoms with van der Waals surface area (Å²) in [7, 11) is 1.59. The molecule has 0 spiro atoms. The highest BCUT2D eigenvalue weighted by Crippen LogP contribution is 2.27. The average Bonchev–Trinajstić information content (AvgIpc) is 2.89. The smallest absolute Gasteiger partial charge is 0.219 e. The van der Waals surface area contributed by atoms with Crippen LogP contribution in [-0.2, 0) is 4.79 Å². The van der Waals surface area contributed by atoms with E-state index in [9.17, 15) is 14.4 Å². The number of allylic oxidation sites excluding steroid dienone is 2. The summed E-state index contributed by atoms with van der Waals surface area (Å²) in [5, 5.41) is 8.76. The summed E-state index contributed by atoms with van der Waals surface area (Å²) >= 11 is 1.30. The van der Waals surface area contributed by atoms with E-state index in [1.165, 1.54) is 24.0 Å². The number of nitrogens with zero attached hydrogens (tertiary/aromatic N) is 1. The third kappa shape index (κ3) is 2.93. The highest BCUT2D eigenvalue weighted by Gasteiger charge is 2.27. The quantitative estimate of drug-likeness (QED) is 0.782. The van der Waals surface area contributed by atoms with E-state index in [1.807, 2.05) is 0 Å². The minimum absolute atomic E-state index is 0.0299. The standard InChI is InChI=1S/C12H13N3O3S/c1-13-10(17)3-2-4-19-9-5-8(16)11-7(12(9)18)6-14-15-11/h5-6H,2-4H2,1H3,(H,13,17)(H,14,15). The molecule has 0 unspecified atom stereocenters. The lowest BCUT2D eigenvalue weighted by molar-refractivity contribution is -0.120. The number of carbonyl (C=O) groups is 3. The monoisotopic (exact) mass is 279 g/mol. The first-order chi connectivity index (χ1) is 9.13. The van der Waals surface area contributed by atoms with Crippen LogP contribution in [0.1, 0.15) is 33.7 Å². The molecule has 0 saturated carbocycles. The fraction of sp³-hybridized carbons (Fsp3) is 0.333. The normalized spacial score (nSPS) is 14.1. The molecular weight excluding hydrogens is 266 g/mol. The zero-order valence-corrected chi connectivity index (χ0v) is 11.2. The molecule has 0 bridgehead atoms. The Hall–Kier alpha value is -1.89. The number of hydrogen-bond acceptors (Lipinski definition) is 5. The molecule has 0 aromatic carbocycles. The predicted molar refractivity (Wildman–Crippen MR) is 71.1 cm³/mol. The Bertz CT molecular complexity index is 562. The van der Waals surface area contributed by atoms with Gasteiger partial charge < -0.3 is 5.32 Å². The molecule has 1 aliphatic carbocycles. The molecule has 100 valence electrons. The van der Waals surface area contributed by atoms with Crippen LogP contribution in [0.4, 0.5) is 0 Å². The molecule has 1 heterocycles. The zero-order valence-electron chi connectivity index (χ0n) is 10.4. The molecular formula is C12H13N3O3S. The Morgan fingerprint density at radius 3 is 3.00 bits per heavy atom. The second-order valence-electron chi connectivity index (χ2n) is 3.99. The SMILES string of the molecule is CNC(=O)CCCSC1=CC(=O)c2[nH]ncc2C1=O. The number of H-pyrrole nitrogens is 1. The number of fused-ring (bicyclic) bond motifs is 1. The summed E-state index contributed by atoms with van der Waals surface area (Å²) in [4.78, 5) is 35.2. The largest absolute Gasteiger partial charge is 0.359 e. The molecule has 0 saturated heterocycles. The van der Waals surface area contributed by atoms with Gasteiger partial charge in [0.05, 0.1) is 16.7 Å². The van der Waals surface area contributed by atoms with Crippen LogP contribution in [0.25, 0.3) is 0 Å². The van der Waals surface area contributed by atoms with Gasteiger partial charge in [-0.25, -0.2) is 0 Å². The van der Waals surface area contributed by atoms with Crippen molar-refractivity contribution in [3.63, 3.8) is 0 Å². The number of hydrogen-bond donors (Lipinski definition) is 2. The van der Waals surface area contributed by atoms with E-state index in [4.69, 9.17) is 0 Å².